The number of fused-ring (bicyclic) bond motifs is 2. The van der Waals surface area contributed by atoms with E-state index in [1.54, 1.807) is 9.80 Å². The van der Waals surface area contributed by atoms with Gasteiger partial charge in [0.05, 0.1) is 13.2 Å². The zero-order chi connectivity index (χ0) is 16.7. The lowest BCUT2D eigenvalue weighted by Crippen LogP contribution is -2.59. The standard InChI is InChI=1S/C15H18N4O5/c20-10-3-6-19-12(13(10)24-15(22)17-4-1-2-5-17)14(21)18-7-8-23-9-11(18)16-19/h3,6,11,16H,1-2,4-5,7-9H2/t11-/m0/s1. The number of pyridine rings is 1. The Morgan fingerprint density at radius 1 is 1.25 bits per heavy atom. The minimum absolute atomic E-state index is 0.0493. The predicted octanol–water partition coefficient (Wildman–Crippen LogP) is -0.202. The van der Waals surface area contributed by atoms with Crippen LogP contribution in [0.5, 0.6) is 5.75 Å². The number of amides is 2. The molecule has 128 valence electrons. The van der Waals surface area contributed by atoms with E-state index in [0.717, 1.165) is 12.8 Å². The van der Waals surface area contributed by atoms with Crippen LogP contribution in [0.25, 0.3) is 0 Å². The number of carbonyl (C=O) groups is 2. The summed E-state index contributed by atoms with van der Waals surface area (Å²) >= 11 is 0. The van der Waals surface area contributed by atoms with Crippen molar-refractivity contribution in [1.82, 2.24) is 14.5 Å². The molecule has 4 heterocycles. The molecular weight excluding hydrogens is 316 g/mol. The van der Waals surface area contributed by atoms with E-state index < -0.39 is 11.5 Å². The van der Waals surface area contributed by atoms with Crippen molar-refractivity contribution in [3.05, 3.63) is 28.2 Å². The summed E-state index contributed by atoms with van der Waals surface area (Å²) in [5.74, 6) is -0.569. The number of nitrogens with zero attached hydrogens (tertiary/aromatic N) is 3. The summed E-state index contributed by atoms with van der Waals surface area (Å²) in [4.78, 5) is 40.4. The summed E-state index contributed by atoms with van der Waals surface area (Å²) < 4.78 is 12.1. The molecule has 2 fully saturated rings. The van der Waals surface area contributed by atoms with Gasteiger partial charge in [0.15, 0.2) is 5.69 Å². The van der Waals surface area contributed by atoms with Gasteiger partial charge < -0.3 is 24.7 Å². The van der Waals surface area contributed by atoms with E-state index in [2.05, 4.69) is 5.43 Å². The molecule has 0 aromatic carbocycles. The van der Waals surface area contributed by atoms with Crippen molar-refractivity contribution in [2.75, 3.05) is 38.3 Å². The number of ether oxygens (including phenoxy) is 2. The largest absolute Gasteiger partial charge is 0.415 e. The van der Waals surface area contributed by atoms with E-state index >= 15 is 0 Å². The van der Waals surface area contributed by atoms with Gasteiger partial charge in [-0.15, -0.1) is 0 Å². The Hall–Kier alpha value is -2.55. The van der Waals surface area contributed by atoms with Gasteiger partial charge in [-0.25, -0.2) is 4.79 Å². The average Bonchev–Trinajstić information content (AvgIpc) is 3.12. The zero-order valence-electron chi connectivity index (χ0n) is 13.1. The number of rotatable bonds is 1. The molecule has 1 aromatic rings. The predicted molar refractivity (Wildman–Crippen MR) is 82.5 cm³/mol. The van der Waals surface area contributed by atoms with E-state index in [1.165, 1.54) is 16.9 Å². The van der Waals surface area contributed by atoms with Gasteiger partial charge in [-0.2, -0.15) is 0 Å². The molecule has 9 nitrogen and oxygen atoms in total. The Morgan fingerprint density at radius 3 is 2.83 bits per heavy atom. The summed E-state index contributed by atoms with van der Waals surface area (Å²) in [6.07, 6.45) is 2.40. The van der Waals surface area contributed by atoms with Crippen LogP contribution in [0.1, 0.15) is 23.3 Å². The minimum Gasteiger partial charge on any atom is -0.403 e. The highest BCUT2D eigenvalue weighted by molar-refractivity contribution is 5.97. The van der Waals surface area contributed by atoms with Gasteiger partial charge in [0.1, 0.15) is 6.17 Å². The Morgan fingerprint density at radius 2 is 2.04 bits per heavy atom. The first-order valence-electron chi connectivity index (χ1n) is 8.03. The number of hydrogen-bond acceptors (Lipinski definition) is 6. The first-order chi connectivity index (χ1) is 11.6. The number of nitrogens with one attached hydrogen (secondary N) is 1. The van der Waals surface area contributed by atoms with Crippen molar-refractivity contribution < 1.29 is 19.1 Å². The van der Waals surface area contributed by atoms with Crippen LogP contribution in [0.15, 0.2) is 17.1 Å². The van der Waals surface area contributed by atoms with Crippen LogP contribution >= 0.6 is 0 Å². The summed E-state index contributed by atoms with van der Waals surface area (Å²) in [5, 5.41) is 0. The van der Waals surface area contributed by atoms with Crippen LogP contribution in [0, 0.1) is 0 Å². The van der Waals surface area contributed by atoms with E-state index in [1.807, 2.05) is 0 Å². The highest BCUT2D eigenvalue weighted by atomic mass is 16.6. The fraction of sp³-hybridized carbons (Fsp3) is 0.533. The number of aromatic nitrogens is 1. The zero-order valence-corrected chi connectivity index (χ0v) is 13.1. The molecule has 0 saturated carbocycles. The molecule has 2 amide bonds. The van der Waals surface area contributed by atoms with Crippen LogP contribution < -0.4 is 15.6 Å². The first kappa shape index (κ1) is 15.0. The molecule has 0 spiro atoms. The molecule has 0 unspecified atom stereocenters. The highest BCUT2D eigenvalue weighted by Gasteiger charge is 2.37. The smallest absolute Gasteiger partial charge is 0.403 e. The molecule has 24 heavy (non-hydrogen) atoms. The number of hydrogen-bond donors (Lipinski definition) is 1. The molecule has 2 saturated heterocycles. The molecule has 0 radical (unpaired) electrons. The van der Waals surface area contributed by atoms with Crippen molar-refractivity contribution in [2.24, 2.45) is 0 Å². The average molecular weight is 334 g/mol. The minimum atomic E-state index is -0.587. The Labute approximate surface area is 137 Å². The Kier molecular flexibility index (Phi) is 3.64. The molecular formula is C15H18N4O5. The molecule has 1 N–H and O–H groups in total. The van der Waals surface area contributed by atoms with Crippen LogP contribution in [-0.4, -0.2) is 65.5 Å². The number of morpholine rings is 1. The van der Waals surface area contributed by atoms with Crippen LogP contribution in [0.4, 0.5) is 4.79 Å². The van der Waals surface area contributed by atoms with Gasteiger partial charge in [0.2, 0.25) is 11.2 Å². The second-order valence-corrected chi connectivity index (χ2v) is 6.01. The van der Waals surface area contributed by atoms with Gasteiger partial charge in [0.25, 0.3) is 5.91 Å². The maximum atomic E-state index is 12.8. The van der Waals surface area contributed by atoms with E-state index in [0.29, 0.717) is 32.8 Å². The summed E-state index contributed by atoms with van der Waals surface area (Å²) in [5.41, 5.74) is 2.65. The lowest BCUT2D eigenvalue weighted by Gasteiger charge is -2.41. The van der Waals surface area contributed by atoms with E-state index in [9.17, 15) is 14.4 Å². The van der Waals surface area contributed by atoms with Crippen LogP contribution in [0.2, 0.25) is 0 Å². The monoisotopic (exact) mass is 334 g/mol. The van der Waals surface area contributed by atoms with Gasteiger partial charge in [0, 0.05) is 31.9 Å². The maximum absolute atomic E-state index is 12.8. The lowest BCUT2D eigenvalue weighted by molar-refractivity contribution is -0.00313. The molecule has 9 heteroatoms. The fourth-order valence-electron chi connectivity index (χ4n) is 3.23. The van der Waals surface area contributed by atoms with E-state index in [4.69, 9.17) is 9.47 Å². The molecule has 1 aromatic heterocycles. The van der Waals surface area contributed by atoms with Crippen molar-refractivity contribution in [3.8, 4) is 5.75 Å². The molecule has 3 aliphatic heterocycles. The highest BCUT2D eigenvalue weighted by Crippen LogP contribution is 2.23. The van der Waals surface area contributed by atoms with Gasteiger partial charge >= 0.3 is 6.09 Å². The third-order valence-corrected chi connectivity index (χ3v) is 4.49. The maximum Gasteiger partial charge on any atom is 0.415 e. The fourth-order valence-corrected chi connectivity index (χ4v) is 3.23. The summed E-state index contributed by atoms with van der Waals surface area (Å²) in [6.45, 7) is 2.42. The third-order valence-electron chi connectivity index (χ3n) is 4.49. The normalized spacial score (nSPS) is 22.7. The van der Waals surface area contributed by atoms with Gasteiger partial charge in [-0.05, 0) is 12.8 Å². The van der Waals surface area contributed by atoms with Gasteiger partial charge in [-0.1, -0.05) is 0 Å². The van der Waals surface area contributed by atoms with Crippen LogP contribution in [0.3, 0.4) is 0 Å². The Bertz CT molecular complexity index is 740. The van der Waals surface area contributed by atoms with Gasteiger partial charge in [-0.3, -0.25) is 14.3 Å². The molecule has 0 aliphatic carbocycles. The molecule has 3 aliphatic rings. The topological polar surface area (TPSA) is 93.1 Å². The SMILES string of the molecule is O=C(Oc1c2n(ccc1=O)N[C@@H]1COCCN1C2=O)N1CCCC1. The van der Waals surface area contributed by atoms with Crippen molar-refractivity contribution in [2.45, 2.75) is 19.0 Å². The van der Waals surface area contributed by atoms with E-state index in [-0.39, 0.29) is 23.5 Å². The number of likely N-dealkylation sites (tertiary alicyclic amines) is 1. The number of carbonyl (C=O) groups excluding carboxylic acids is 2. The van der Waals surface area contributed by atoms with Crippen LogP contribution in [-0.2, 0) is 4.74 Å². The first-order valence-corrected chi connectivity index (χ1v) is 8.03. The quantitative estimate of drug-likeness (QED) is 0.764. The van der Waals surface area contributed by atoms with Crippen molar-refractivity contribution in [1.29, 1.82) is 0 Å². The summed E-state index contributed by atoms with van der Waals surface area (Å²) in [7, 11) is 0. The third kappa shape index (κ3) is 2.41. The van der Waals surface area contributed by atoms with Crippen molar-refractivity contribution in [3.63, 3.8) is 0 Å². The molecule has 1 atom stereocenters. The van der Waals surface area contributed by atoms with Crippen molar-refractivity contribution >= 4 is 12.0 Å². The second-order valence-electron chi connectivity index (χ2n) is 6.01. The Balaban J connectivity index is 1.69. The summed E-state index contributed by atoms with van der Waals surface area (Å²) in [6, 6.07) is 1.27. The molecule has 0 bridgehead atoms. The second kappa shape index (κ2) is 5.82. The lowest BCUT2D eigenvalue weighted by atomic mass is 10.2. The molecule has 4 rings (SSSR count).